The number of carbonyl (C=O) groups is 1. The molecule has 0 spiro atoms. The molecular formula is C14H9FN2OS. The summed E-state index contributed by atoms with van der Waals surface area (Å²) in [5, 5.41) is 0.734. The number of fused-ring (bicyclic) bond motifs is 1. The quantitative estimate of drug-likeness (QED) is 0.778. The summed E-state index contributed by atoms with van der Waals surface area (Å²) in [7, 11) is 0. The van der Waals surface area contributed by atoms with Gasteiger partial charge in [0, 0.05) is 5.39 Å². The lowest BCUT2D eigenvalue weighted by Gasteiger charge is -2.02. The molecule has 0 bridgehead atoms. The molecule has 2 aromatic carbocycles. The van der Waals surface area contributed by atoms with Crippen molar-refractivity contribution in [1.82, 2.24) is 4.37 Å². The molecule has 0 unspecified atom stereocenters. The van der Waals surface area contributed by atoms with Crippen LogP contribution in [-0.2, 0) is 0 Å². The van der Waals surface area contributed by atoms with Gasteiger partial charge in [-0.1, -0.05) is 24.3 Å². The predicted molar refractivity (Wildman–Crippen MR) is 73.5 cm³/mol. The predicted octanol–water partition coefficient (Wildman–Crippen LogP) is 3.20. The van der Waals surface area contributed by atoms with Gasteiger partial charge in [-0.05, 0) is 40.9 Å². The minimum Gasteiger partial charge on any atom is -0.364 e. The van der Waals surface area contributed by atoms with Crippen LogP contribution in [0.25, 0.3) is 21.2 Å². The average molecular weight is 272 g/mol. The summed E-state index contributed by atoms with van der Waals surface area (Å²) in [5.74, 6) is -0.815. The molecule has 0 aliphatic heterocycles. The number of hydrogen-bond acceptors (Lipinski definition) is 3. The lowest BCUT2D eigenvalue weighted by molar-refractivity contribution is 0.0998. The number of amides is 1. The number of nitrogens with two attached hydrogens (primary N) is 1. The lowest BCUT2D eigenvalue weighted by atomic mass is 10.0. The Labute approximate surface area is 112 Å². The van der Waals surface area contributed by atoms with Gasteiger partial charge in [-0.2, -0.15) is 4.37 Å². The minimum atomic E-state index is -0.537. The third-order valence-corrected chi connectivity index (χ3v) is 3.67. The van der Waals surface area contributed by atoms with Gasteiger partial charge in [-0.15, -0.1) is 0 Å². The number of nitrogens with zero attached hydrogens (tertiary/aromatic N) is 1. The van der Waals surface area contributed by atoms with E-state index >= 15 is 0 Å². The number of primary amides is 1. The summed E-state index contributed by atoms with van der Waals surface area (Å²) in [4.78, 5) is 11.2. The van der Waals surface area contributed by atoms with Gasteiger partial charge in [-0.3, -0.25) is 4.79 Å². The zero-order valence-electron chi connectivity index (χ0n) is 9.76. The van der Waals surface area contributed by atoms with Gasteiger partial charge < -0.3 is 5.73 Å². The summed E-state index contributed by atoms with van der Waals surface area (Å²) in [6, 6.07) is 11.9. The second kappa shape index (κ2) is 4.44. The highest BCUT2D eigenvalue weighted by atomic mass is 32.1. The van der Waals surface area contributed by atoms with Crippen molar-refractivity contribution >= 4 is 27.5 Å². The van der Waals surface area contributed by atoms with Gasteiger partial charge in [0.25, 0.3) is 5.91 Å². The Morgan fingerprint density at radius 2 is 1.95 bits per heavy atom. The summed E-state index contributed by atoms with van der Waals surface area (Å²) < 4.78 is 18.1. The second-order valence-corrected chi connectivity index (χ2v) is 4.92. The molecule has 2 N–H and O–H groups in total. The molecule has 3 rings (SSSR count). The fourth-order valence-electron chi connectivity index (χ4n) is 1.96. The highest BCUT2D eigenvalue weighted by Crippen LogP contribution is 2.28. The van der Waals surface area contributed by atoms with E-state index in [4.69, 9.17) is 5.73 Å². The number of benzene rings is 2. The van der Waals surface area contributed by atoms with Crippen molar-refractivity contribution in [3.63, 3.8) is 0 Å². The van der Waals surface area contributed by atoms with Crippen LogP contribution >= 0.6 is 11.5 Å². The average Bonchev–Trinajstić information content (AvgIpc) is 2.81. The molecule has 0 atom stereocenters. The minimum absolute atomic E-state index is 0.278. The Balaban J connectivity index is 2.15. The molecule has 94 valence electrons. The highest BCUT2D eigenvalue weighted by Gasteiger charge is 2.11. The van der Waals surface area contributed by atoms with Crippen molar-refractivity contribution in [1.29, 1.82) is 0 Å². The molecule has 1 amide bonds. The SMILES string of the molecule is NC(=O)c1nsc2cc(-c3cccc(F)c3)ccc12. The fraction of sp³-hybridized carbons (Fsp3) is 0. The number of halogens is 1. The smallest absolute Gasteiger partial charge is 0.269 e. The van der Waals surface area contributed by atoms with E-state index < -0.39 is 5.91 Å². The van der Waals surface area contributed by atoms with Crippen molar-refractivity contribution in [2.24, 2.45) is 5.73 Å². The standard InChI is InChI=1S/C14H9FN2OS/c15-10-3-1-2-8(6-10)9-4-5-11-12(7-9)19-17-13(11)14(16)18/h1-7H,(H2,16,18). The molecule has 3 aromatic rings. The Morgan fingerprint density at radius 1 is 1.16 bits per heavy atom. The second-order valence-electron chi connectivity index (χ2n) is 4.12. The summed E-state index contributed by atoms with van der Waals surface area (Å²) in [6.45, 7) is 0. The zero-order valence-corrected chi connectivity index (χ0v) is 10.6. The molecule has 3 nitrogen and oxygen atoms in total. The molecule has 1 aromatic heterocycles. The van der Waals surface area contributed by atoms with Crippen LogP contribution in [0.2, 0.25) is 0 Å². The number of hydrogen-bond donors (Lipinski definition) is 1. The molecule has 1 heterocycles. The topological polar surface area (TPSA) is 56.0 Å². The van der Waals surface area contributed by atoms with Crippen molar-refractivity contribution < 1.29 is 9.18 Å². The van der Waals surface area contributed by atoms with Crippen LogP contribution in [-0.4, -0.2) is 10.3 Å². The fourth-order valence-corrected chi connectivity index (χ4v) is 2.78. The monoisotopic (exact) mass is 272 g/mol. The first-order valence-corrected chi connectivity index (χ1v) is 6.37. The Kier molecular flexibility index (Phi) is 2.76. The van der Waals surface area contributed by atoms with E-state index in [-0.39, 0.29) is 11.5 Å². The van der Waals surface area contributed by atoms with Crippen LogP contribution in [0.15, 0.2) is 42.5 Å². The van der Waals surface area contributed by atoms with Gasteiger partial charge in [-0.25, -0.2) is 4.39 Å². The third-order valence-electron chi connectivity index (χ3n) is 2.86. The Bertz CT molecular complexity index is 782. The molecule has 0 fully saturated rings. The van der Waals surface area contributed by atoms with Gasteiger partial charge in [0.15, 0.2) is 0 Å². The van der Waals surface area contributed by atoms with Crippen LogP contribution in [0.4, 0.5) is 4.39 Å². The normalized spacial score (nSPS) is 10.8. The third kappa shape index (κ3) is 2.08. The van der Waals surface area contributed by atoms with Crippen molar-refractivity contribution in [2.45, 2.75) is 0 Å². The highest BCUT2D eigenvalue weighted by molar-refractivity contribution is 7.13. The van der Waals surface area contributed by atoms with E-state index in [1.165, 1.54) is 23.7 Å². The summed E-state index contributed by atoms with van der Waals surface area (Å²) >= 11 is 1.21. The van der Waals surface area contributed by atoms with Crippen molar-refractivity contribution in [3.8, 4) is 11.1 Å². The summed E-state index contributed by atoms with van der Waals surface area (Å²) in [5.41, 5.74) is 7.20. The van der Waals surface area contributed by atoms with Crippen LogP contribution in [0.3, 0.4) is 0 Å². The van der Waals surface area contributed by atoms with Crippen LogP contribution in [0.1, 0.15) is 10.5 Å². The first kappa shape index (κ1) is 11.8. The maximum atomic E-state index is 13.2. The van der Waals surface area contributed by atoms with Gasteiger partial charge >= 0.3 is 0 Å². The molecule has 0 saturated carbocycles. The van der Waals surface area contributed by atoms with E-state index in [1.807, 2.05) is 18.2 Å². The van der Waals surface area contributed by atoms with Gasteiger partial charge in [0.1, 0.15) is 11.5 Å². The molecule has 0 saturated heterocycles. The largest absolute Gasteiger partial charge is 0.364 e. The van der Waals surface area contributed by atoms with Crippen LogP contribution in [0.5, 0.6) is 0 Å². The lowest BCUT2D eigenvalue weighted by Crippen LogP contribution is -2.11. The number of aromatic nitrogens is 1. The Hall–Kier alpha value is -2.27. The van der Waals surface area contributed by atoms with Gasteiger partial charge in [0.05, 0.1) is 4.70 Å². The van der Waals surface area contributed by atoms with E-state index in [0.29, 0.717) is 0 Å². The first-order valence-electron chi connectivity index (χ1n) is 5.60. The Morgan fingerprint density at radius 3 is 2.68 bits per heavy atom. The summed E-state index contributed by atoms with van der Waals surface area (Å²) in [6.07, 6.45) is 0. The number of rotatable bonds is 2. The van der Waals surface area contributed by atoms with E-state index in [1.54, 1.807) is 12.1 Å². The zero-order chi connectivity index (χ0) is 13.4. The van der Waals surface area contributed by atoms with Crippen LogP contribution < -0.4 is 5.73 Å². The molecule has 19 heavy (non-hydrogen) atoms. The molecular weight excluding hydrogens is 263 g/mol. The molecule has 0 radical (unpaired) electrons. The molecule has 0 aliphatic carbocycles. The van der Waals surface area contributed by atoms with E-state index in [2.05, 4.69) is 4.37 Å². The van der Waals surface area contributed by atoms with E-state index in [9.17, 15) is 9.18 Å². The number of carbonyl (C=O) groups excluding carboxylic acids is 1. The van der Waals surface area contributed by atoms with E-state index in [0.717, 1.165) is 21.2 Å². The van der Waals surface area contributed by atoms with Gasteiger partial charge in [0.2, 0.25) is 0 Å². The maximum Gasteiger partial charge on any atom is 0.269 e. The molecule has 0 aliphatic rings. The van der Waals surface area contributed by atoms with Crippen molar-refractivity contribution in [2.75, 3.05) is 0 Å². The van der Waals surface area contributed by atoms with Crippen LogP contribution in [0, 0.1) is 5.82 Å². The van der Waals surface area contributed by atoms with Crippen molar-refractivity contribution in [3.05, 3.63) is 54.0 Å². The maximum absolute atomic E-state index is 13.2. The first-order chi connectivity index (χ1) is 9.15. The molecule has 5 heteroatoms.